The summed E-state index contributed by atoms with van der Waals surface area (Å²) in [5.41, 5.74) is 2.67. The highest BCUT2D eigenvalue weighted by Crippen LogP contribution is 2.39. The lowest BCUT2D eigenvalue weighted by Gasteiger charge is -2.39. The summed E-state index contributed by atoms with van der Waals surface area (Å²) in [5.74, 6) is 0.573. The van der Waals surface area contributed by atoms with Gasteiger partial charge in [0.25, 0.3) is 0 Å². The molecule has 1 rings (SSSR count). The minimum absolute atomic E-state index is 0.00484. The average molecular weight is 240 g/mol. The standard InChI is InChI=1S/C12H17O3P/c1-4-12(15-16-5-2)11-7-6-10(11)8-14-9(3)13/h4,10-12H,1-2,6-8H2,3H3/t10-,11+,12?/m0/s1. The van der Waals surface area contributed by atoms with E-state index < -0.39 is 0 Å². The van der Waals surface area contributed by atoms with E-state index in [4.69, 9.17) is 9.26 Å². The van der Waals surface area contributed by atoms with Gasteiger partial charge in [-0.1, -0.05) is 11.5 Å². The van der Waals surface area contributed by atoms with Crippen molar-refractivity contribution in [2.24, 2.45) is 11.8 Å². The van der Waals surface area contributed by atoms with Crippen LogP contribution in [0.25, 0.3) is 0 Å². The van der Waals surface area contributed by atoms with Crippen molar-refractivity contribution in [3.63, 3.8) is 0 Å². The Morgan fingerprint density at radius 2 is 2.44 bits per heavy atom. The van der Waals surface area contributed by atoms with E-state index in [-0.39, 0.29) is 12.1 Å². The van der Waals surface area contributed by atoms with E-state index in [0.717, 1.165) is 12.8 Å². The number of ether oxygens (including phenoxy) is 1. The molecule has 0 amide bonds. The van der Waals surface area contributed by atoms with Gasteiger partial charge in [-0.05, 0) is 31.3 Å². The molecule has 0 spiro atoms. The molecule has 0 aromatic carbocycles. The highest BCUT2D eigenvalue weighted by molar-refractivity contribution is 7.32. The second-order valence-corrected chi connectivity index (χ2v) is 4.57. The van der Waals surface area contributed by atoms with Gasteiger partial charge in [-0.25, -0.2) is 0 Å². The highest BCUT2D eigenvalue weighted by Gasteiger charge is 2.36. The summed E-state index contributed by atoms with van der Waals surface area (Å²) in [6.45, 7) is 9.16. The number of esters is 1. The zero-order chi connectivity index (χ0) is 12.0. The van der Waals surface area contributed by atoms with Crippen LogP contribution in [0, 0.1) is 11.8 Å². The largest absolute Gasteiger partial charge is 0.466 e. The zero-order valence-electron chi connectivity index (χ0n) is 9.52. The van der Waals surface area contributed by atoms with Gasteiger partial charge in [-0.15, -0.1) is 6.58 Å². The number of hydrogen-bond donors (Lipinski definition) is 0. The van der Waals surface area contributed by atoms with Crippen LogP contribution in [0.4, 0.5) is 0 Å². The maximum absolute atomic E-state index is 10.7. The van der Waals surface area contributed by atoms with Gasteiger partial charge in [0.1, 0.15) is 8.43 Å². The first-order valence-electron chi connectivity index (χ1n) is 5.33. The van der Waals surface area contributed by atoms with Gasteiger partial charge >= 0.3 is 5.97 Å². The predicted octanol–water partition coefficient (Wildman–Crippen LogP) is 2.60. The molecule has 1 fully saturated rings. The molecule has 0 aromatic rings. The highest BCUT2D eigenvalue weighted by atomic mass is 31.1. The summed E-state index contributed by atoms with van der Waals surface area (Å²) in [6.07, 6.45) is 3.98. The summed E-state index contributed by atoms with van der Waals surface area (Å²) < 4.78 is 10.5. The van der Waals surface area contributed by atoms with Crippen LogP contribution in [-0.4, -0.2) is 24.1 Å². The zero-order valence-corrected chi connectivity index (χ0v) is 10.4. The van der Waals surface area contributed by atoms with Gasteiger partial charge in [0.15, 0.2) is 0 Å². The number of carbonyl (C=O) groups excluding carboxylic acids is 1. The van der Waals surface area contributed by atoms with Crippen molar-refractivity contribution in [3.8, 4) is 0 Å². The van der Waals surface area contributed by atoms with E-state index in [0.29, 0.717) is 26.9 Å². The third-order valence-electron chi connectivity index (χ3n) is 2.87. The first-order chi connectivity index (χ1) is 7.69. The van der Waals surface area contributed by atoms with Gasteiger partial charge in [0.2, 0.25) is 0 Å². The first-order valence-corrected chi connectivity index (χ1v) is 6.14. The molecular formula is C12H17O3P. The monoisotopic (exact) mass is 240 g/mol. The van der Waals surface area contributed by atoms with Crippen LogP contribution in [0.2, 0.25) is 0 Å². The van der Waals surface area contributed by atoms with Crippen LogP contribution in [0.3, 0.4) is 0 Å². The van der Waals surface area contributed by atoms with Crippen molar-refractivity contribution in [2.45, 2.75) is 25.9 Å². The molecule has 3 atom stereocenters. The van der Waals surface area contributed by atoms with Crippen LogP contribution >= 0.6 is 8.43 Å². The maximum Gasteiger partial charge on any atom is 0.302 e. The molecule has 0 aliphatic heterocycles. The van der Waals surface area contributed by atoms with Crippen LogP contribution in [0.1, 0.15) is 19.8 Å². The molecule has 0 radical (unpaired) electrons. The van der Waals surface area contributed by atoms with Crippen molar-refractivity contribution in [1.29, 1.82) is 0 Å². The van der Waals surface area contributed by atoms with Crippen LogP contribution in [0.5, 0.6) is 0 Å². The summed E-state index contributed by atoms with van der Waals surface area (Å²) in [6, 6.07) is 0. The Kier molecular flexibility index (Phi) is 5.48. The van der Waals surface area contributed by atoms with E-state index in [1.807, 2.05) is 0 Å². The Bertz CT molecular complexity index is 307. The van der Waals surface area contributed by atoms with Crippen LogP contribution < -0.4 is 0 Å². The number of hydrogen-bond acceptors (Lipinski definition) is 3. The lowest BCUT2D eigenvalue weighted by molar-refractivity contribution is -0.144. The summed E-state index contributed by atoms with van der Waals surface area (Å²) in [4.78, 5) is 10.7. The summed E-state index contributed by atoms with van der Waals surface area (Å²) in [7, 11) is 0.642. The van der Waals surface area contributed by atoms with Crippen LogP contribution in [0.15, 0.2) is 19.2 Å². The number of carbonyl (C=O) groups is 1. The van der Waals surface area contributed by atoms with Crippen LogP contribution in [-0.2, 0) is 14.1 Å². The molecule has 16 heavy (non-hydrogen) atoms. The normalized spacial score (nSPS) is 25.3. The third kappa shape index (κ3) is 3.61. The molecule has 88 valence electrons. The Morgan fingerprint density at radius 3 is 2.88 bits per heavy atom. The molecule has 0 saturated heterocycles. The molecule has 0 aromatic heterocycles. The molecule has 0 bridgehead atoms. The topological polar surface area (TPSA) is 35.5 Å². The quantitative estimate of drug-likeness (QED) is 0.406. The fourth-order valence-corrected chi connectivity index (χ4v) is 2.29. The molecular weight excluding hydrogens is 223 g/mol. The lowest BCUT2D eigenvalue weighted by Crippen LogP contribution is -2.38. The molecule has 1 aliphatic carbocycles. The van der Waals surface area contributed by atoms with Gasteiger partial charge in [0, 0.05) is 6.92 Å². The Hall–Kier alpha value is -0.880. The number of rotatable bonds is 6. The Labute approximate surface area is 98.0 Å². The first kappa shape index (κ1) is 13.2. The molecule has 4 heteroatoms. The molecule has 1 unspecified atom stereocenters. The second kappa shape index (κ2) is 6.65. The van der Waals surface area contributed by atoms with E-state index >= 15 is 0 Å². The molecule has 0 heterocycles. The van der Waals surface area contributed by atoms with Crippen molar-refractivity contribution in [3.05, 3.63) is 19.2 Å². The molecule has 3 nitrogen and oxygen atoms in total. The SMILES string of the molecule is C=C=POC(C=C)[C@@H]1CC[C@H]1COC(C)=O. The fraction of sp³-hybridized carbons (Fsp3) is 0.583. The molecule has 1 saturated carbocycles. The van der Waals surface area contributed by atoms with Gasteiger partial charge in [-0.2, -0.15) is 0 Å². The van der Waals surface area contributed by atoms with Crippen molar-refractivity contribution in [1.82, 2.24) is 0 Å². The van der Waals surface area contributed by atoms with Gasteiger partial charge in [-0.3, -0.25) is 4.79 Å². The summed E-state index contributed by atoms with van der Waals surface area (Å²) >= 11 is 0. The Balaban J connectivity index is 2.42. The Morgan fingerprint density at radius 1 is 1.69 bits per heavy atom. The van der Waals surface area contributed by atoms with Crippen molar-refractivity contribution < 1.29 is 14.1 Å². The lowest BCUT2D eigenvalue weighted by atomic mass is 9.71. The minimum Gasteiger partial charge on any atom is -0.466 e. The molecule has 1 aliphatic rings. The van der Waals surface area contributed by atoms with E-state index in [1.54, 1.807) is 6.08 Å². The van der Waals surface area contributed by atoms with E-state index in [1.165, 1.54) is 6.92 Å². The smallest absolute Gasteiger partial charge is 0.302 e. The van der Waals surface area contributed by atoms with Gasteiger partial charge in [0.05, 0.1) is 12.7 Å². The summed E-state index contributed by atoms with van der Waals surface area (Å²) in [5, 5.41) is 0. The van der Waals surface area contributed by atoms with E-state index in [2.05, 4.69) is 18.6 Å². The average Bonchev–Trinajstić information content (AvgIpc) is 2.22. The molecule has 0 N–H and O–H groups in total. The van der Waals surface area contributed by atoms with E-state index in [9.17, 15) is 4.79 Å². The predicted molar refractivity (Wildman–Crippen MR) is 65.5 cm³/mol. The van der Waals surface area contributed by atoms with Crippen molar-refractivity contribution in [2.75, 3.05) is 6.61 Å². The third-order valence-corrected chi connectivity index (χ3v) is 3.35. The second-order valence-electron chi connectivity index (χ2n) is 3.86. The maximum atomic E-state index is 10.7. The minimum atomic E-state index is -0.223. The fourth-order valence-electron chi connectivity index (χ4n) is 1.85. The van der Waals surface area contributed by atoms with Crippen molar-refractivity contribution >= 4 is 19.9 Å². The van der Waals surface area contributed by atoms with Gasteiger partial charge < -0.3 is 9.26 Å².